The van der Waals surface area contributed by atoms with Crippen LogP contribution < -0.4 is 17.6 Å². The van der Waals surface area contributed by atoms with Gasteiger partial charge in [0.05, 0.1) is 6.33 Å². The second kappa shape index (κ2) is 9.40. The first-order valence-corrected chi connectivity index (χ1v) is 9.09. The molecule has 4 rings (SSSR count). The lowest BCUT2D eigenvalue weighted by Crippen LogP contribution is -3.00. The van der Waals surface area contributed by atoms with Crippen molar-refractivity contribution in [1.29, 1.82) is 0 Å². The second-order valence-corrected chi connectivity index (χ2v) is 6.73. The lowest BCUT2D eigenvalue weighted by Gasteiger charge is -2.05. The van der Waals surface area contributed by atoms with E-state index in [1.165, 1.54) is 10.8 Å². The summed E-state index contributed by atoms with van der Waals surface area (Å²) in [5, 5.41) is 6.26. The largest absolute Gasteiger partial charge is 1.00 e. The molecule has 0 saturated carbocycles. The van der Waals surface area contributed by atoms with E-state index in [9.17, 15) is 0 Å². The van der Waals surface area contributed by atoms with Crippen molar-refractivity contribution in [3.8, 4) is 0 Å². The smallest absolute Gasteiger partial charge is 0.251 e. The quantitative estimate of drug-likeness (QED) is 0.368. The van der Waals surface area contributed by atoms with Crippen molar-refractivity contribution in [3.05, 3.63) is 102 Å². The van der Waals surface area contributed by atoms with E-state index < -0.39 is 0 Å². The van der Waals surface area contributed by atoms with Crippen LogP contribution in [-0.4, -0.2) is 15.3 Å². The summed E-state index contributed by atoms with van der Waals surface area (Å²) in [6, 6.07) is 22.3. The minimum absolute atomic E-state index is 0. The zero-order chi connectivity index (χ0) is 18.5. The predicted octanol–water partition coefficient (Wildman–Crippen LogP) is 0.395. The van der Waals surface area contributed by atoms with Crippen LogP contribution in [0, 0.1) is 0 Å². The number of benzene rings is 3. The van der Waals surface area contributed by atoms with Crippen LogP contribution in [-0.2, 0) is 18.0 Å². The molecule has 4 nitrogen and oxygen atoms in total. The number of halogens is 2. The van der Waals surface area contributed by atoms with Crippen molar-refractivity contribution in [3.63, 3.8) is 0 Å². The molecule has 0 aliphatic carbocycles. The average molecular weight is 412 g/mol. The van der Waals surface area contributed by atoms with Gasteiger partial charge in [-0.2, -0.15) is 0 Å². The standard InChI is InChI=1S/C22H18ClN3O.ClH/c23-21-9-5-17(6-10-21)15-27-25-22(14-26-12-11-24-16-26)20-8-7-18-3-1-2-4-19(18)13-20;/h1-13,16H,14-15H2;1H/b25-22+;. The molecule has 0 radical (unpaired) electrons. The van der Waals surface area contributed by atoms with Gasteiger partial charge in [-0.3, -0.25) is 4.84 Å². The van der Waals surface area contributed by atoms with E-state index in [0.29, 0.717) is 13.2 Å². The van der Waals surface area contributed by atoms with Crippen molar-refractivity contribution in [1.82, 2.24) is 9.55 Å². The van der Waals surface area contributed by atoms with Gasteiger partial charge in [-0.15, -0.1) is 0 Å². The number of rotatable bonds is 6. The molecule has 28 heavy (non-hydrogen) atoms. The Morgan fingerprint density at radius 3 is 2.54 bits per heavy atom. The molecule has 0 fully saturated rings. The molecule has 0 saturated heterocycles. The molecule has 4 aromatic rings. The number of aromatic nitrogens is 2. The summed E-state index contributed by atoms with van der Waals surface area (Å²) in [7, 11) is 0. The van der Waals surface area contributed by atoms with E-state index in [0.717, 1.165) is 21.9 Å². The van der Waals surface area contributed by atoms with Crippen LogP contribution in [0.25, 0.3) is 10.8 Å². The van der Waals surface area contributed by atoms with Crippen molar-refractivity contribution in [2.75, 3.05) is 0 Å². The number of fused-ring (bicyclic) bond motifs is 1. The monoisotopic (exact) mass is 411 g/mol. The maximum atomic E-state index is 5.93. The minimum Gasteiger partial charge on any atom is -1.00 e. The third kappa shape index (κ3) is 4.91. The first-order valence-electron chi connectivity index (χ1n) is 8.71. The van der Waals surface area contributed by atoms with Crippen LogP contribution in [0.3, 0.4) is 0 Å². The van der Waals surface area contributed by atoms with E-state index in [1.807, 2.05) is 47.2 Å². The SMILES string of the molecule is Clc1ccc(CO/[NH+]=C(\Cn2ccnc2)c2ccc3ccccc3c2)cc1.[Cl-]. The minimum atomic E-state index is 0. The third-order valence-electron chi connectivity index (χ3n) is 4.35. The van der Waals surface area contributed by atoms with Gasteiger partial charge in [-0.05, 0) is 45.8 Å². The van der Waals surface area contributed by atoms with Gasteiger partial charge in [0, 0.05) is 23.0 Å². The highest BCUT2D eigenvalue weighted by Gasteiger charge is 2.13. The van der Waals surface area contributed by atoms with Crippen LogP contribution in [0.2, 0.25) is 5.02 Å². The molecule has 0 unspecified atom stereocenters. The van der Waals surface area contributed by atoms with Crippen molar-refractivity contribution in [2.24, 2.45) is 0 Å². The van der Waals surface area contributed by atoms with Gasteiger partial charge in [0.1, 0.15) is 6.54 Å². The Balaban J connectivity index is 0.00000225. The highest BCUT2D eigenvalue weighted by molar-refractivity contribution is 6.30. The number of hydrogen-bond donors (Lipinski definition) is 1. The summed E-state index contributed by atoms with van der Waals surface area (Å²) in [5.74, 6) is 0. The Morgan fingerprint density at radius 1 is 1.00 bits per heavy atom. The summed E-state index contributed by atoms with van der Waals surface area (Å²) in [5.41, 5.74) is 3.10. The Morgan fingerprint density at radius 2 is 1.79 bits per heavy atom. The third-order valence-corrected chi connectivity index (χ3v) is 4.60. The molecule has 1 N–H and O–H groups in total. The van der Waals surface area contributed by atoms with Gasteiger partial charge < -0.3 is 17.0 Å². The molecule has 0 spiro atoms. The molecular weight excluding hydrogens is 393 g/mol. The maximum Gasteiger partial charge on any atom is 0.251 e. The van der Waals surface area contributed by atoms with E-state index in [4.69, 9.17) is 16.4 Å². The van der Waals surface area contributed by atoms with Gasteiger partial charge in [0.15, 0.2) is 6.61 Å². The lowest BCUT2D eigenvalue weighted by molar-refractivity contribution is -0.759. The number of hydrogen-bond acceptors (Lipinski definition) is 2. The normalized spacial score (nSPS) is 11.2. The van der Waals surface area contributed by atoms with Crippen LogP contribution in [0.1, 0.15) is 11.1 Å². The topological polar surface area (TPSA) is 41.0 Å². The molecule has 3 aromatic carbocycles. The highest BCUT2D eigenvalue weighted by Crippen LogP contribution is 2.16. The summed E-state index contributed by atoms with van der Waals surface area (Å²) >= 11 is 5.93. The van der Waals surface area contributed by atoms with Gasteiger partial charge >= 0.3 is 0 Å². The van der Waals surface area contributed by atoms with Crippen LogP contribution >= 0.6 is 11.6 Å². The highest BCUT2D eigenvalue weighted by atomic mass is 35.5. The lowest BCUT2D eigenvalue weighted by atomic mass is 10.0. The molecule has 1 aromatic heterocycles. The second-order valence-electron chi connectivity index (χ2n) is 6.29. The van der Waals surface area contributed by atoms with Gasteiger partial charge in [0.2, 0.25) is 0 Å². The molecule has 0 aliphatic rings. The van der Waals surface area contributed by atoms with Gasteiger partial charge in [0.25, 0.3) is 5.71 Å². The van der Waals surface area contributed by atoms with Crippen molar-refractivity contribution >= 4 is 28.1 Å². The number of nitrogens with one attached hydrogen (secondary N) is 1. The zero-order valence-electron chi connectivity index (χ0n) is 15.1. The van der Waals surface area contributed by atoms with E-state index in [-0.39, 0.29) is 12.4 Å². The van der Waals surface area contributed by atoms with Crippen molar-refractivity contribution < 1.29 is 22.4 Å². The van der Waals surface area contributed by atoms with E-state index in [1.54, 1.807) is 12.5 Å². The molecule has 6 heteroatoms. The summed E-state index contributed by atoms with van der Waals surface area (Å²) in [6.45, 7) is 1.08. The molecule has 0 atom stereocenters. The molecule has 142 valence electrons. The fourth-order valence-electron chi connectivity index (χ4n) is 2.91. The summed E-state index contributed by atoms with van der Waals surface area (Å²) in [6.07, 6.45) is 5.50. The molecule has 1 heterocycles. The summed E-state index contributed by atoms with van der Waals surface area (Å²) < 4.78 is 2.00. The first-order chi connectivity index (χ1) is 13.3. The zero-order valence-corrected chi connectivity index (χ0v) is 16.6. The van der Waals surface area contributed by atoms with Crippen LogP contribution in [0.15, 0.2) is 85.5 Å². The molecule has 0 amide bonds. The fraction of sp³-hybridized carbons (Fsp3) is 0.0909. The number of imidazole rings is 1. The Kier molecular flexibility index (Phi) is 6.69. The predicted molar refractivity (Wildman–Crippen MR) is 107 cm³/mol. The van der Waals surface area contributed by atoms with Gasteiger partial charge in [-0.1, -0.05) is 54.1 Å². The van der Waals surface area contributed by atoms with E-state index >= 15 is 0 Å². The Labute approximate surface area is 174 Å². The van der Waals surface area contributed by atoms with E-state index in [2.05, 4.69) is 40.5 Å². The Bertz CT molecular complexity index is 1060. The van der Waals surface area contributed by atoms with Gasteiger partial charge in [-0.25, -0.2) is 4.98 Å². The number of nitrogens with zero attached hydrogens (tertiary/aromatic N) is 2. The summed E-state index contributed by atoms with van der Waals surface area (Å²) in [4.78, 5) is 9.90. The van der Waals surface area contributed by atoms with Crippen LogP contribution in [0.5, 0.6) is 0 Å². The molecule has 0 aliphatic heterocycles. The Hall–Kier alpha value is -2.82. The maximum absolute atomic E-state index is 5.93. The first kappa shape index (κ1) is 19.9. The molecular formula is C22H19Cl2N3O. The van der Waals surface area contributed by atoms with Crippen molar-refractivity contribution in [2.45, 2.75) is 13.2 Å². The average Bonchev–Trinajstić information content (AvgIpc) is 3.21. The van der Waals surface area contributed by atoms with Crippen LogP contribution in [0.4, 0.5) is 0 Å². The fourth-order valence-corrected chi connectivity index (χ4v) is 3.04. The molecule has 0 bridgehead atoms.